The molecule has 0 radical (unpaired) electrons. The summed E-state index contributed by atoms with van der Waals surface area (Å²) in [5, 5.41) is 0. The number of carbonyl (C=O) groups excluding carboxylic acids is 1. The van der Waals surface area contributed by atoms with Crippen LogP contribution in [0.4, 0.5) is 0 Å². The summed E-state index contributed by atoms with van der Waals surface area (Å²) in [4.78, 5) is 32.2. The van der Waals surface area contributed by atoms with E-state index in [0.29, 0.717) is 38.7 Å². The van der Waals surface area contributed by atoms with Crippen LogP contribution in [0.15, 0.2) is 66.4 Å². The third-order valence-corrected chi connectivity index (χ3v) is 7.65. The van der Waals surface area contributed by atoms with Crippen molar-refractivity contribution < 1.29 is 19.0 Å². The summed E-state index contributed by atoms with van der Waals surface area (Å²) in [6, 6.07) is 10.4. The van der Waals surface area contributed by atoms with Crippen molar-refractivity contribution in [2.45, 2.75) is 39.8 Å². The van der Waals surface area contributed by atoms with Gasteiger partial charge in [0.25, 0.3) is 5.56 Å². The van der Waals surface area contributed by atoms with Gasteiger partial charge in [-0.25, -0.2) is 9.79 Å². The summed E-state index contributed by atoms with van der Waals surface area (Å²) in [5.41, 5.74) is 2.06. The van der Waals surface area contributed by atoms with E-state index in [9.17, 15) is 9.59 Å². The molecule has 4 rings (SSSR count). The molecule has 7 nitrogen and oxygen atoms in total. The minimum Gasteiger partial charge on any atom is -0.495 e. The average molecular weight is 650 g/mol. The number of thiazole rings is 1. The number of halogens is 2. The predicted molar refractivity (Wildman–Crippen MR) is 151 cm³/mol. The molecule has 0 spiro atoms. The number of allylic oxidation sites excluding steroid dienone is 1. The normalized spacial score (nSPS) is 15.5. The number of benzene rings is 2. The minimum absolute atomic E-state index is 0.261. The Morgan fingerprint density at radius 1 is 1.22 bits per heavy atom. The first-order chi connectivity index (χ1) is 17.6. The Bertz CT molecular complexity index is 1560. The molecule has 37 heavy (non-hydrogen) atoms. The fourth-order valence-corrected chi connectivity index (χ4v) is 6.59. The second-order valence-electron chi connectivity index (χ2n) is 8.55. The molecular weight excluding hydrogens is 624 g/mol. The lowest BCUT2D eigenvalue weighted by molar-refractivity contribution is -0.143. The average Bonchev–Trinajstić information content (AvgIpc) is 3.12. The Morgan fingerprint density at radius 3 is 2.54 bits per heavy atom. The molecule has 2 heterocycles. The van der Waals surface area contributed by atoms with E-state index in [2.05, 4.69) is 36.9 Å². The largest absolute Gasteiger partial charge is 0.495 e. The quantitative estimate of drug-likeness (QED) is 0.332. The van der Waals surface area contributed by atoms with Crippen molar-refractivity contribution in [1.29, 1.82) is 0 Å². The zero-order valence-electron chi connectivity index (χ0n) is 21.0. The number of esters is 1. The Labute approximate surface area is 235 Å². The number of aromatic nitrogens is 1. The minimum atomic E-state index is -0.698. The maximum Gasteiger partial charge on any atom is 0.338 e. The van der Waals surface area contributed by atoms with Gasteiger partial charge in [0.15, 0.2) is 4.80 Å². The molecule has 0 fully saturated rings. The molecule has 10 heteroatoms. The van der Waals surface area contributed by atoms with E-state index in [1.54, 1.807) is 38.5 Å². The lowest BCUT2D eigenvalue weighted by atomic mass is 9.96. The van der Waals surface area contributed by atoms with Crippen LogP contribution in [0.5, 0.6) is 11.5 Å². The SMILES string of the molecule is CCOc1ccc([C@@H]2C(C(=O)OC(C)C)=C(C)N=c3s/c(=C/c4cc(Br)cc(Br)c4OC)c(=O)n32)cc1. The van der Waals surface area contributed by atoms with Gasteiger partial charge < -0.3 is 14.2 Å². The first-order valence-electron chi connectivity index (χ1n) is 11.6. The third kappa shape index (κ3) is 5.61. The lowest BCUT2D eigenvalue weighted by Gasteiger charge is -2.25. The maximum atomic E-state index is 13.9. The van der Waals surface area contributed by atoms with Gasteiger partial charge in [-0.2, -0.15) is 0 Å². The number of methoxy groups -OCH3 is 1. The molecule has 0 amide bonds. The summed E-state index contributed by atoms with van der Waals surface area (Å²) in [7, 11) is 1.58. The van der Waals surface area contributed by atoms with E-state index in [4.69, 9.17) is 14.2 Å². The number of nitrogens with zero attached hydrogens (tertiary/aromatic N) is 2. The van der Waals surface area contributed by atoms with Crippen molar-refractivity contribution in [1.82, 2.24) is 4.57 Å². The van der Waals surface area contributed by atoms with Crippen LogP contribution in [0, 0.1) is 0 Å². The van der Waals surface area contributed by atoms with Gasteiger partial charge >= 0.3 is 5.97 Å². The standard InChI is InChI=1S/C27H26Br2N2O5S/c1-6-35-19-9-7-16(8-10-19)23-22(26(33)36-14(2)3)15(4)30-27-31(23)25(32)21(37-27)12-17-11-18(28)13-20(29)24(17)34-5/h7-14,23H,6H2,1-5H3/b21-12+/t23-/m1/s1. The molecule has 0 bridgehead atoms. The number of ether oxygens (including phenoxy) is 3. The van der Waals surface area contributed by atoms with E-state index in [1.165, 1.54) is 11.3 Å². The Morgan fingerprint density at radius 2 is 1.92 bits per heavy atom. The van der Waals surface area contributed by atoms with Crippen LogP contribution in [-0.4, -0.2) is 30.4 Å². The molecule has 1 aromatic heterocycles. The Hall–Kier alpha value is -2.69. The number of carbonyl (C=O) groups is 1. The first kappa shape index (κ1) is 27.3. The summed E-state index contributed by atoms with van der Waals surface area (Å²) < 4.78 is 20.3. The Kier molecular flexibility index (Phi) is 8.40. The van der Waals surface area contributed by atoms with Gasteiger partial charge in [0.2, 0.25) is 0 Å². The zero-order valence-corrected chi connectivity index (χ0v) is 25.0. The molecule has 0 saturated carbocycles. The van der Waals surface area contributed by atoms with E-state index < -0.39 is 12.0 Å². The van der Waals surface area contributed by atoms with Crippen LogP contribution >= 0.6 is 43.2 Å². The molecule has 0 aliphatic carbocycles. The summed E-state index contributed by atoms with van der Waals surface area (Å²) in [6.07, 6.45) is 1.46. The van der Waals surface area contributed by atoms with Crippen molar-refractivity contribution in [2.75, 3.05) is 13.7 Å². The number of hydrogen-bond donors (Lipinski definition) is 0. The molecule has 1 atom stereocenters. The molecule has 1 aliphatic heterocycles. The van der Waals surface area contributed by atoms with E-state index >= 15 is 0 Å². The molecule has 3 aromatic rings. The third-order valence-electron chi connectivity index (χ3n) is 5.62. The second-order valence-corrected chi connectivity index (χ2v) is 11.3. The molecule has 0 unspecified atom stereocenters. The molecule has 0 saturated heterocycles. The van der Waals surface area contributed by atoms with Crippen molar-refractivity contribution in [3.8, 4) is 11.5 Å². The predicted octanol–water partition coefficient (Wildman–Crippen LogP) is 5.12. The zero-order chi connectivity index (χ0) is 26.9. The second kappa shape index (κ2) is 11.4. The van der Waals surface area contributed by atoms with Crippen molar-refractivity contribution in [2.24, 2.45) is 4.99 Å². The Balaban J connectivity index is 1.95. The fraction of sp³-hybridized carbons (Fsp3) is 0.296. The highest BCUT2D eigenvalue weighted by atomic mass is 79.9. The summed E-state index contributed by atoms with van der Waals surface area (Å²) in [6.45, 7) is 7.80. The van der Waals surface area contributed by atoms with Crippen LogP contribution in [0.1, 0.15) is 44.9 Å². The monoisotopic (exact) mass is 648 g/mol. The van der Waals surface area contributed by atoms with Crippen LogP contribution in [0.25, 0.3) is 6.08 Å². The van der Waals surface area contributed by atoms with Gasteiger partial charge in [-0.05, 0) is 79.5 Å². The highest BCUT2D eigenvalue weighted by Gasteiger charge is 2.33. The highest BCUT2D eigenvalue weighted by Crippen LogP contribution is 2.34. The number of fused-ring (bicyclic) bond motifs is 1. The highest BCUT2D eigenvalue weighted by molar-refractivity contribution is 9.11. The van der Waals surface area contributed by atoms with E-state index in [1.807, 2.05) is 43.3 Å². The van der Waals surface area contributed by atoms with Crippen LogP contribution in [-0.2, 0) is 9.53 Å². The van der Waals surface area contributed by atoms with Crippen LogP contribution in [0.3, 0.4) is 0 Å². The van der Waals surface area contributed by atoms with Crippen LogP contribution in [0.2, 0.25) is 0 Å². The van der Waals surface area contributed by atoms with Gasteiger partial charge in [0.1, 0.15) is 11.5 Å². The van der Waals surface area contributed by atoms with Gasteiger partial charge in [0.05, 0.1) is 46.1 Å². The van der Waals surface area contributed by atoms with E-state index in [-0.39, 0.29) is 11.7 Å². The maximum absolute atomic E-state index is 13.9. The smallest absolute Gasteiger partial charge is 0.338 e. The van der Waals surface area contributed by atoms with Crippen molar-refractivity contribution in [3.63, 3.8) is 0 Å². The van der Waals surface area contributed by atoms with Gasteiger partial charge in [-0.15, -0.1) is 0 Å². The summed E-state index contributed by atoms with van der Waals surface area (Å²) in [5.74, 6) is 0.814. The molecular formula is C27H26Br2N2O5S. The fourth-order valence-electron chi connectivity index (χ4n) is 4.13. The van der Waals surface area contributed by atoms with Gasteiger partial charge in [0, 0.05) is 10.0 Å². The number of hydrogen-bond acceptors (Lipinski definition) is 7. The van der Waals surface area contributed by atoms with Crippen molar-refractivity contribution in [3.05, 3.63) is 87.4 Å². The molecule has 1 aliphatic rings. The molecule has 0 N–H and O–H groups in total. The van der Waals surface area contributed by atoms with Gasteiger partial charge in [-0.3, -0.25) is 9.36 Å². The molecule has 2 aromatic carbocycles. The lowest BCUT2D eigenvalue weighted by Crippen LogP contribution is -2.40. The van der Waals surface area contributed by atoms with Crippen molar-refractivity contribution >= 4 is 55.2 Å². The summed E-state index contributed by atoms with van der Waals surface area (Å²) >= 11 is 8.27. The van der Waals surface area contributed by atoms with E-state index in [0.717, 1.165) is 20.1 Å². The van der Waals surface area contributed by atoms with Crippen LogP contribution < -0.4 is 24.4 Å². The number of rotatable bonds is 7. The molecule has 194 valence electrons. The topological polar surface area (TPSA) is 79.1 Å². The van der Waals surface area contributed by atoms with Gasteiger partial charge in [-0.1, -0.05) is 39.4 Å². The first-order valence-corrected chi connectivity index (χ1v) is 14.0.